The molecule has 0 N–H and O–H groups in total. The summed E-state index contributed by atoms with van der Waals surface area (Å²) in [6.07, 6.45) is 10.0. The van der Waals surface area contributed by atoms with Gasteiger partial charge in [0.1, 0.15) is 0 Å². The van der Waals surface area contributed by atoms with E-state index in [1.165, 1.54) is 55.8 Å². The van der Waals surface area contributed by atoms with E-state index < -0.39 is 19.2 Å². The normalized spacial score (nSPS) is 12.0. The fourth-order valence-corrected chi connectivity index (χ4v) is 9.16. The monoisotopic (exact) mass is 366 g/mol. The second-order valence-corrected chi connectivity index (χ2v) is 14.9. The molecule has 0 aromatic carbocycles. The van der Waals surface area contributed by atoms with Crippen molar-refractivity contribution in [3.63, 3.8) is 0 Å². The Balaban J connectivity index is 3.90. The van der Waals surface area contributed by atoms with Gasteiger partial charge >= 0.3 is 120 Å². The van der Waals surface area contributed by atoms with Gasteiger partial charge in [0.2, 0.25) is 0 Å². The first kappa shape index (κ1) is 18.7. The number of hydrogen-bond acceptors (Lipinski definition) is 2. The summed E-state index contributed by atoms with van der Waals surface area (Å²) < 4.78 is 13.6. The molecular weight excluding hydrogens is 331 g/mol. The molecule has 0 aliphatic rings. The second-order valence-electron chi connectivity index (χ2n) is 5.35. The standard InChI is InChI=1S/2C5H11O.C4H9.CH3.Sn/c2*1-2-3-4-5-6;1-3-4-2;;/h2*2-5H2,1H3;1,3-4H2,2H3;1H3;/q2*-1;;;+2. The Bertz CT molecular complexity index is 162. The van der Waals surface area contributed by atoms with Crippen molar-refractivity contribution >= 4 is 19.2 Å². The molecule has 0 aliphatic heterocycles. The van der Waals surface area contributed by atoms with Gasteiger partial charge in [0.15, 0.2) is 0 Å². The van der Waals surface area contributed by atoms with Crippen molar-refractivity contribution in [3.05, 3.63) is 0 Å². The maximum absolute atomic E-state index is 6.20. The van der Waals surface area contributed by atoms with Crippen molar-refractivity contribution in [2.45, 2.75) is 81.5 Å². The van der Waals surface area contributed by atoms with Crippen LogP contribution in [0.15, 0.2) is 0 Å². The van der Waals surface area contributed by atoms with Gasteiger partial charge in [-0.3, -0.25) is 0 Å². The molecule has 0 amide bonds. The fourth-order valence-electron chi connectivity index (χ4n) is 1.96. The van der Waals surface area contributed by atoms with E-state index in [9.17, 15) is 0 Å². The van der Waals surface area contributed by atoms with Crippen molar-refractivity contribution < 1.29 is 6.15 Å². The number of unbranched alkanes of at least 4 members (excludes halogenated alkanes) is 5. The summed E-state index contributed by atoms with van der Waals surface area (Å²) in [6, 6.07) is 0. The van der Waals surface area contributed by atoms with Gasteiger partial charge in [0, 0.05) is 0 Å². The van der Waals surface area contributed by atoms with Crippen molar-refractivity contribution in [3.8, 4) is 0 Å². The fraction of sp³-hybridized carbons (Fsp3) is 1.00. The molecule has 0 heterocycles. The number of rotatable bonds is 13. The molecule has 0 unspecified atom stereocenters. The van der Waals surface area contributed by atoms with Crippen LogP contribution in [0.1, 0.15) is 72.1 Å². The Morgan fingerprint density at radius 1 is 0.667 bits per heavy atom. The van der Waals surface area contributed by atoms with Crippen LogP contribution in [0.4, 0.5) is 0 Å². The van der Waals surface area contributed by atoms with E-state index >= 15 is 0 Å². The molecule has 2 nitrogen and oxygen atoms in total. The Morgan fingerprint density at radius 3 is 1.50 bits per heavy atom. The van der Waals surface area contributed by atoms with E-state index in [2.05, 4.69) is 25.7 Å². The zero-order valence-corrected chi connectivity index (χ0v) is 15.9. The Hall–Kier alpha value is 0.719. The van der Waals surface area contributed by atoms with Gasteiger partial charge in [-0.05, 0) is 0 Å². The molecule has 0 aromatic heterocycles. The molecule has 0 aromatic rings. The van der Waals surface area contributed by atoms with Gasteiger partial charge in [0.25, 0.3) is 0 Å². The minimum atomic E-state index is -2.65. The van der Waals surface area contributed by atoms with Gasteiger partial charge in [-0.25, -0.2) is 0 Å². The van der Waals surface area contributed by atoms with E-state index in [0.29, 0.717) is 0 Å². The first-order valence-electron chi connectivity index (χ1n) is 7.96. The van der Waals surface area contributed by atoms with Crippen LogP contribution in [0.5, 0.6) is 0 Å². The molecule has 0 bridgehead atoms. The predicted octanol–water partition coefficient (Wildman–Crippen LogP) is 5.27. The molecule has 0 rings (SSSR count). The van der Waals surface area contributed by atoms with Crippen LogP contribution in [0.2, 0.25) is 9.38 Å². The number of hydrogen-bond donors (Lipinski definition) is 0. The third-order valence-corrected chi connectivity index (χ3v) is 11.5. The topological polar surface area (TPSA) is 18.5 Å². The maximum atomic E-state index is 6.20. The third kappa shape index (κ3) is 10.6. The molecular formula is C15H34O2Sn. The Kier molecular flexibility index (Phi) is 13.2. The molecule has 18 heavy (non-hydrogen) atoms. The molecule has 0 atom stereocenters. The molecule has 0 spiro atoms. The first-order chi connectivity index (χ1) is 8.68. The Labute approximate surface area is 120 Å². The van der Waals surface area contributed by atoms with Gasteiger partial charge in [-0.15, -0.1) is 0 Å². The minimum absolute atomic E-state index is 0.928. The van der Waals surface area contributed by atoms with Crippen molar-refractivity contribution in [1.82, 2.24) is 0 Å². The van der Waals surface area contributed by atoms with E-state index in [-0.39, 0.29) is 0 Å². The van der Waals surface area contributed by atoms with E-state index in [1.54, 1.807) is 0 Å². The molecule has 0 radical (unpaired) electrons. The zero-order chi connectivity index (χ0) is 13.7. The zero-order valence-electron chi connectivity index (χ0n) is 13.1. The summed E-state index contributed by atoms with van der Waals surface area (Å²) in [7, 11) is 0. The van der Waals surface area contributed by atoms with Gasteiger partial charge in [-0.1, -0.05) is 0 Å². The summed E-state index contributed by atoms with van der Waals surface area (Å²) in [5, 5.41) is 0. The molecule has 0 fully saturated rings. The van der Waals surface area contributed by atoms with Crippen molar-refractivity contribution in [2.75, 3.05) is 13.2 Å². The molecule has 0 saturated heterocycles. The molecule has 0 aliphatic carbocycles. The first-order valence-corrected chi connectivity index (χ1v) is 15.2. The van der Waals surface area contributed by atoms with Crippen molar-refractivity contribution in [2.24, 2.45) is 0 Å². The van der Waals surface area contributed by atoms with Gasteiger partial charge in [-0.2, -0.15) is 0 Å². The van der Waals surface area contributed by atoms with Crippen LogP contribution in [0.3, 0.4) is 0 Å². The summed E-state index contributed by atoms with van der Waals surface area (Å²) >= 11 is -2.65. The third-order valence-electron chi connectivity index (χ3n) is 3.30. The van der Waals surface area contributed by atoms with Crippen LogP contribution in [-0.2, 0) is 6.15 Å². The van der Waals surface area contributed by atoms with Gasteiger partial charge in [0.05, 0.1) is 0 Å². The van der Waals surface area contributed by atoms with Crippen molar-refractivity contribution in [1.29, 1.82) is 0 Å². The van der Waals surface area contributed by atoms with Crippen LogP contribution in [0.25, 0.3) is 0 Å². The average Bonchev–Trinajstić information content (AvgIpc) is 2.38. The summed E-state index contributed by atoms with van der Waals surface area (Å²) in [5.41, 5.74) is 0. The molecule has 0 saturated carbocycles. The average molecular weight is 365 g/mol. The van der Waals surface area contributed by atoms with Crippen LogP contribution in [-0.4, -0.2) is 32.4 Å². The van der Waals surface area contributed by atoms with E-state index in [1.807, 2.05) is 0 Å². The van der Waals surface area contributed by atoms with Crippen LogP contribution >= 0.6 is 0 Å². The SMILES string of the molecule is CCCCC[O][Sn]([CH3])([CH2]CCC)[O]CCCCC. The molecule has 3 heteroatoms. The van der Waals surface area contributed by atoms with Crippen LogP contribution in [0, 0.1) is 0 Å². The van der Waals surface area contributed by atoms with E-state index in [0.717, 1.165) is 13.2 Å². The van der Waals surface area contributed by atoms with Gasteiger partial charge < -0.3 is 0 Å². The summed E-state index contributed by atoms with van der Waals surface area (Å²) in [6.45, 7) is 8.58. The van der Waals surface area contributed by atoms with E-state index in [4.69, 9.17) is 6.15 Å². The second kappa shape index (κ2) is 12.7. The Morgan fingerprint density at radius 2 is 1.11 bits per heavy atom. The summed E-state index contributed by atoms with van der Waals surface area (Å²) in [5.74, 6) is 0. The molecule has 110 valence electrons. The van der Waals surface area contributed by atoms with Crippen LogP contribution < -0.4 is 0 Å². The quantitative estimate of drug-likeness (QED) is 0.327. The summed E-state index contributed by atoms with van der Waals surface area (Å²) in [4.78, 5) is 2.32. The predicted molar refractivity (Wildman–Crippen MR) is 82.3 cm³/mol.